The van der Waals surface area contributed by atoms with Gasteiger partial charge in [0.1, 0.15) is 6.33 Å². The van der Waals surface area contributed by atoms with Gasteiger partial charge in [0.25, 0.3) is 0 Å². The Kier molecular flexibility index (Phi) is 4.36. The molecule has 0 aliphatic rings. The Morgan fingerprint density at radius 2 is 2.29 bits per heavy atom. The van der Waals surface area contributed by atoms with Gasteiger partial charge in [0.2, 0.25) is 5.91 Å². The number of nitrogens with zero attached hydrogens (tertiary/aromatic N) is 2. The first-order valence-corrected chi connectivity index (χ1v) is 5.31. The van der Waals surface area contributed by atoms with Crippen molar-refractivity contribution in [2.75, 3.05) is 0 Å². The monoisotopic (exact) mass is 194 g/mol. The zero-order valence-corrected chi connectivity index (χ0v) is 8.94. The number of hydrogen-bond acceptors (Lipinski definition) is 2. The third-order valence-corrected chi connectivity index (χ3v) is 2.51. The summed E-state index contributed by atoms with van der Waals surface area (Å²) in [6.45, 7) is 4.21. The number of carbonyl (C=O) groups is 1. The number of unbranched alkanes of at least 4 members (excludes halogenated alkanes) is 1. The molecular weight excluding hydrogens is 176 g/mol. The third kappa shape index (κ3) is 2.69. The Morgan fingerprint density at radius 1 is 1.50 bits per heavy atom. The van der Waals surface area contributed by atoms with Crippen molar-refractivity contribution in [1.29, 1.82) is 0 Å². The van der Waals surface area contributed by atoms with Crippen LogP contribution in [0.4, 0.5) is 0 Å². The summed E-state index contributed by atoms with van der Waals surface area (Å²) in [5.74, 6) is 0.336. The van der Waals surface area contributed by atoms with Crippen molar-refractivity contribution < 1.29 is 4.79 Å². The molecule has 3 heteroatoms. The van der Waals surface area contributed by atoms with Crippen LogP contribution in [0.15, 0.2) is 18.7 Å². The van der Waals surface area contributed by atoms with E-state index in [1.54, 1.807) is 23.3 Å². The maximum absolute atomic E-state index is 11.9. The summed E-state index contributed by atoms with van der Waals surface area (Å²) in [7, 11) is 0. The molecule has 0 bridgehead atoms. The molecule has 14 heavy (non-hydrogen) atoms. The molecule has 0 spiro atoms. The van der Waals surface area contributed by atoms with E-state index in [0.29, 0.717) is 0 Å². The molecule has 0 fully saturated rings. The lowest BCUT2D eigenvalue weighted by Crippen LogP contribution is -2.19. The zero-order valence-electron chi connectivity index (χ0n) is 8.94. The van der Waals surface area contributed by atoms with E-state index in [9.17, 15) is 4.79 Å². The molecule has 1 aromatic rings. The summed E-state index contributed by atoms with van der Waals surface area (Å²) in [4.78, 5) is 15.7. The molecule has 1 aromatic heterocycles. The average molecular weight is 194 g/mol. The molecule has 0 saturated heterocycles. The summed E-state index contributed by atoms with van der Waals surface area (Å²) < 4.78 is 1.59. The highest BCUT2D eigenvalue weighted by atomic mass is 16.2. The Balaban J connectivity index is 2.56. The van der Waals surface area contributed by atoms with Crippen LogP contribution in [-0.4, -0.2) is 15.5 Å². The van der Waals surface area contributed by atoms with Crippen LogP contribution in [0.3, 0.4) is 0 Å². The predicted octanol–water partition coefficient (Wildman–Crippen LogP) is 2.74. The average Bonchev–Trinajstić information content (AvgIpc) is 2.71. The standard InChI is InChI=1S/C11H18N2O/c1-3-5-6-10(4-2)11(14)13-8-7-12-9-13/h7-10H,3-6H2,1-2H3. The van der Waals surface area contributed by atoms with Crippen molar-refractivity contribution in [2.24, 2.45) is 5.92 Å². The van der Waals surface area contributed by atoms with Gasteiger partial charge in [-0.05, 0) is 12.8 Å². The molecule has 0 N–H and O–H groups in total. The summed E-state index contributed by atoms with van der Waals surface area (Å²) in [5, 5.41) is 0. The Labute approximate surface area is 85.2 Å². The highest BCUT2D eigenvalue weighted by Gasteiger charge is 2.16. The first-order chi connectivity index (χ1) is 6.79. The molecule has 78 valence electrons. The quantitative estimate of drug-likeness (QED) is 0.722. The van der Waals surface area contributed by atoms with E-state index in [1.807, 2.05) is 0 Å². The van der Waals surface area contributed by atoms with Gasteiger partial charge in [0, 0.05) is 18.3 Å². The van der Waals surface area contributed by atoms with Gasteiger partial charge >= 0.3 is 0 Å². The molecule has 3 nitrogen and oxygen atoms in total. The molecule has 0 aliphatic heterocycles. The topological polar surface area (TPSA) is 34.9 Å². The fraction of sp³-hybridized carbons (Fsp3) is 0.636. The van der Waals surface area contributed by atoms with Crippen LogP contribution in [0.25, 0.3) is 0 Å². The number of carbonyl (C=O) groups excluding carboxylic acids is 1. The van der Waals surface area contributed by atoms with E-state index in [2.05, 4.69) is 18.8 Å². The molecular formula is C11H18N2O. The lowest BCUT2D eigenvalue weighted by molar-refractivity contribution is 0.0821. The first kappa shape index (κ1) is 11.0. The number of imidazole rings is 1. The Morgan fingerprint density at radius 3 is 2.79 bits per heavy atom. The van der Waals surface area contributed by atoms with Crippen LogP contribution in [-0.2, 0) is 0 Å². The van der Waals surface area contributed by atoms with Gasteiger partial charge in [-0.25, -0.2) is 4.98 Å². The fourth-order valence-corrected chi connectivity index (χ4v) is 1.55. The fourth-order valence-electron chi connectivity index (χ4n) is 1.55. The van der Waals surface area contributed by atoms with Gasteiger partial charge < -0.3 is 0 Å². The second kappa shape index (κ2) is 5.58. The lowest BCUT2D eigenvalue weighted by atomic mass is 9.98. The molecule has 1 unspecified atom stereocenters. The minimum Gasteiger partial charge on any atom is -0.276 e. The van der Waals surface area contributed by atoms with Crippen molar-refractivity contribution in [1.82, 2.24) is 9.55 Å². The third-order valence-electron chi connectivity index (χ3n) is 2.51. The van der Waals surface area contributed by atoms with Gasteiger partial charge in [0.05, 0.1) is 0 Å². The van der Waals surface area contributed by atoms with Crippen molar-refractivity contribution in [3.05, 3.63) is 18.7 Å². The van der Waals surface area contributed by atoms with Crippen molar-refractivity contribution in [2.45, 2.75) is 39.5 Å². The SMILES string of the molecule is CCCCC(CC)C(=O)n1ccnc1. The first-order valence-electron chi connectivity index (χ1n) is 5.31. The van der Waals surface area contributed by atoms with Crippen molar-refractivity contribution >= 4 is 5.91 Å². The van der Waals surface area contributed by atoms with Gasteiger partial charge in [0.15, 0.2) is 0 Å². The van der Waals surface area contributed by atoms with Gasteiger partial charge in [-0.1, -0.05) is 26.7 Å². The van der Waals surface area contributed by atoms with E-state index in [4.69, 9.17) is 0 Å². The summed E-state index contributed by atoms with van der Waals surface area (Å²) in [6.07, 6.45) is 9.12. The van der Waals surface area contributed by atoms with Gasteiger partial charge in [-0.3, -0.25) is 9.36 Å². The molecule has 0 aromatic carbocycles. The molecule has 1 heterocycles. The molecule has 1 rings (SSSR count). The number of aromatic nitrogens is 2. The summed E-state index contributed by atoms with van der Waals surface area (Å²) in [6, 6.07) is 0. The second-order valence-corrected chi connectivity index (χ2v) is 3.56. The zero-order chi connectivity index (χ0) is 10.4. The van der Waals surface area contributed by atoms with E-state index >= 15 is 0 Å². The molecule has 0 radical (unpaired) electrons. The Hall–Kier alpha value is -1.12. The van der Waals surface area contributed by atoms with E-state index in [-0.39, 0.29) is 11.8 Å². The maximum atomic E-state index is 11.9. The number of rotatable bonds is 5. The normalized spacial score (nSPS) is 12.7. The van der Waals surface area contributed by atoms with E-state index in [1.165, 1.54) is 0 Å². The lowest BCUT2D eigenvalue weighted by Gasteiger charge is -2.12. The van der Waals surface area contributed by atoms with Crippen LogP contribution in [0, 0.1) is 5.92 Å². The Bertz CT molecular complexity index is 267. The van der Waals surface area contributed by atoms with Gasteiger partial charge in [-0.15, -0.1) is 0 Å². The molecule has 1 atom stereocenters. The molecule has 0 saturated carbocycles. The predicted molar refractivity (Wildman–Crippen MR) is 56.2 cm³/mol. The summed E-state index contributed by atoms with van der Waals surface area (Å²) >= 11 is 0. The maximum Gasteiger partial charge on any atom is 0.234 e. The molecule has 0 amide bonds. The highest BCUT2D eigenvalue weighted by molar-refractivity contribution is 5.81. The van der Waals surface area contributed by atoms with Crippen LogP contribution < -0.4 is 0 Å². The summed E-state index contributed by atoms with van der Waals surface area (Å²) in [5.41, 5.74) is 0. The van der Waals surface area contributed by atoms with Crippen LogP contribution in [0.1, 0.15) is 44.3 Å². The molecule has 0 aliphatic carbocycles. The minimum atomic E-state index is 0.157. The van der Waals surface area contributed by atoms with E-state index < -0.39 is 0 Å². The van der Waals surface area contributed by atoms with Crippen LogP contribution in [0.5, 0.6) is 0 Å². The highest BCUT2D eigenvalue weighted by Crippen LogP contribution is 2.14. The number of hydrogen-bond donors (Lipinski definition) is 0. The van der Waals surface area contributed by atoms with Crippen LogP contribution >= 0.6 is 0 Å². The van der Waals surface area contributed by atoms with Crippen molar-refractivity contribution in [3.63, 3.8) is 0 Å². The van der Waals surface area contributed by atoms with Crippen molar-refractivity contribution in [3.8, 4) is 0 Å². The largest absolute Gasteiger partial charge is 0.276 e. The smallest absolute Gasteiger partial charge is 0.234 e. The second-order valence-electron chi connectivity index (χ2n) is 3.56. The van der Waals surface area contributed by atoms with E-state index in [0.717, 1.165) is 25.7 Å². The van der Waals surface area contributed by atoms with Gasteiger partial charge in [-0.2, -0.15) is 0 Å². The minimum absolute atomic E-state index is 0.157. The van der Waals surface area contributed by atoms with Crippen LogP contribution in [0.2, 0.25) is 0 Å².